The highest BCUT2D eigenvalue weighted by Crippen LogP contribution is 2.30. The zero-order chi connectivity index (χ0) is 13.1. The first kappa shape index (κ1) is 11.5. The SMILES string of the molecule is Nc1ccc(OCc2ccccn2)c2ccccc12. The molecule has 0 spiro atoms. The summed E-state index contributed by atoms with van der Waals surface area (Å²) in [5.41, 5.74) is 7.64. The Morgan fingerprint density at radius 1 is 0.895 bits per heavy atom. The van der Waals surface area contributed by atoms with E-state index in [9.17, 15) is 0 Å². The van der Waals surface area contributed by atoms with Crippen LogP contribution in [-0.2, 0) is 6.61 Å². The number of aromatic nitrogens is 1. The second-order valence-corrected chi connectivity index (χ2v) is 4.31. The summed E-state index contributed by atoms with van der Waals surface area (Å²) in [6, 6.07) is 17.5. The summed E-state index contributed by atoms with van der Waals surface area (Å²) >= 11 is 0. The van der Waals surface area contributed by atoms with Crippen molar-refractivity contribution in [2.24, 2.45) is 0 Å². The van der Waals surface area contributed by atoms with E-state index < -0.39 is 0 Å². The fourth-order valence-electron chi connectivity index (χ4n) is 2.06. The largest absolute Gasteiger partial charge is 0.487 e. The molecule has 3 nitrogen and oxygen atoms in total. The Kier molecular flexibility index (Phi) is 3.02. The van der Waals surface area contributed by atoms with E-state index in [1.165, 1.54) is 0 Å². The van der Waals surface area contributed by atoms with Gasteiger partial charge in [-0.3, -0.25) is 4.98 Å². The number of nitrogens with two attached hydrogens (primary N) is 1. The zero-order valence-electron chi connectivity index (χ0n) is 10.4. The molecule has 0 bridgehead atoms. The fraction of sp³-hybridized carbons (Fsp3) is 0.0625. The summed E-state index contributed by atoms with van der Waals surface area (Å²) in [6.45, 7) is 0.453. The summed E-state index contributed by atoms with van der Waals surface area (Å²) < 4.78 is 5.84. The Balaban J connectivity index is 1.91. The van der Waals surface area contributed by atoms with Gasteiger partial charge in [0.25, 0.3) is 0 Å². The molecule has 3 aromatic rings. The molecule has 0 aliphatic heterocycles. The molecule has 2 aromatic carbocycles. The van der Waals surface area contributed by atoms with Crippen molar-refractivity contribution in [3.05, 3.63) is 66.5 Å². The lowest BCUT2D eigenvalue weighted by atomic mass is 10.1. The third-order valence-electron chi connectivity index (χ3n) is 3.02. The molecular weight excluding hydrogens is 236 g/mol. The number of nitrogen functional groups attached to an aromatic ring is 1. The molecule has 0 aliphatic rings. The van der Waals surface area contributed by atoms with E-state index in [1.807, 2.05) is 54.6 Å². The fourth-order valence-corrected chi connectivity index (χ4v) is 2.06. The van der Waals surface area contributed by atoms with Gasteiger partial charge in [0.15, 0.2) is 0 Å². The molecule has 2 N–H and O–H groups in total. The highest BCUT2D eigenvalue weighted by molar-refractivity contribution is 5.96. The lowest BCUT2D eigenvalue weighted by molar-refractivity contribution is 0.305. The van der Waals surface area contributed by atoms with E-state index in [0.717, 1.165) is 27.9 Å². The van der Waals surface area contributed by atoms with Crippen molar-refractivity contribution >= 4 is 16.5 Å². The minimum absolute atomic E-state index is 0.453. The van der Waals surface area contributed by atoms with E-state index >= 15 is 0 Å². The topological polar surface area (TPSA) is 48.1 Å². The van der Waals surface area contributed by atoms with E-state index in [2.05, 4.69) is 4.98 Å². The van der Waals surface area contributed by atoms with E-state index in [0.29, 0.717) is 6.61 Å². The van der Waals surface area contributed by atoms with Gasteiger partial charge in [-0.25, -0.2) is 0 Å². The summed E-state index contributed by atoms with van der Waals surface area (Å²) in [6.07, 6.45) is 1.76. The number of fused-ring (bicyclic) bond motifs is 1. The molecule has 0 unspecified atom stereocenters. The van der Waals surface area contributed by atoms with Crippen LogP contribution in [0.2, 0.25) is 0 Å². The molecule has 1 heterocycles. The van der Waals surface area contributed by atoms with Crippen molar-refractivity contribution < 1.29 is 4.74 Å². The van der Waals surface area contributed by atoms with Crippen LogP contribution >= 0.6 is 0 Å². The molecule has 94 valence electrons. The number of rotatable bonds is 3. The quantitative estimate of drug-likeness (QED) is 0.725. The van der Waals surface area contributed by atoms with Gasteiger partial charge in [0.1, 0.15) is 12.4 Å². The van der Waals surface area contributed by atoms with Crippen LogP contribution in [-0.4, -0.2) is 4.98 Å². The van der Waals surface area contributed by atoms with Gasteiger partial charge in [0, 0.05) is 22.7 Å². The zero-order valence-corrected chi connectivity index (χ0v) is 10.4. The predicted octanol–water partition coefficient (Wildman–Crippen LogP) is 3.40. The molecule has 0 saturated heterocycles. The first-order valence-electron chi connectivity index (χ1n) is 6.14. The van der Waals surface area contributed by atoms with Crippen LogP contribution in [0, 0.1) is 0 Å². The highest BCUT2D eigenvalue weighted by atomic mass is 16.5. The smallest absolute Gasteiger partial charge is 0.130 e. The van der Waals surface area contributed by atoms with Crippen LogP contribution in [0.3, 0.4) is 0 Å². The average molecular weight is 250 g/mol. The van der Waals surface area contributed by atoms with Gasteiger partial charge in [0.2, 0.25) is 0 Å². The van der Waals surface area contributed by atoms with Crippen molar-refractivity contribution in [3.63, 3.8) is 0 Å². The van der Waals surface area contributed by atoms with Crippen LogP contribution in [0.25, 0.3) is 10.8 Å². The maximum Gasteiger partial charge on any atom is 0.130 e. The van der Waals surface area contributed by atoms with Crippen molar-refractivity contribution in [2.75, 3.05) is 5.73 Å². The normalized spacial score (nSPS) is 10.5. The number of anilines is 1. The van der Waals surface area contributed by atoms with Crippen LogP contribution in [0.15, 0.2) is 60.8 Å². The Bertz CT molecular complexity index is 695. The first-order valence-corrected chi connectivity index (χ1v) is 6.14. The lowest BCUT2D eigenvalue weighted by Crippen LogP contribution is -1.98. The van der Waals surface area contributed by atoms with Crippen molar-refractivity contribution in [3.8, 4) is 5.75 Å². The summed E-state index contributed by atoms with van der Waals surface area (Å²) in [7, 11) is 0. The Morgan fingerprint density at radius 3 is 2.47 bits per heavy atom. The average Bonchev–Trinajstić information content (AvgIpc) is 2.48. The number of benzene rings is 2. The van der Waals surface area contributed by atoms with E-state index in [1.54, 1.807) is 6.20 Å². The lowest BCUT2D eigenvalue weighted by Gasteiger charge is -2.10. The number of pyridine rings is 1. The van der Waals surface area contributed by atoms with Crippen LogP contribution in [0.4, 0.5) is 5.69 Å². The van der Waals surface area contributed by atoms with Crippen LogP contribution in [0.5, 0.6) is 5.75 Å². The van der Waals surface area contributed by atoms with Crippen molar-refractivity contribution in [1.29, 1.82) is 0 Å². The van der Waals surface area contributed by atoms with Crippen LogP contribution < -0.4 is 10.5 Å². The van der Waals surface area contributed by atoms with Gasteiger partial charge in [-0.2, -0.15) is 0 Å². The molecular formula is C16H14N2O. The van der Waals surface area contributed by atoms with Gasteiger partial charge in [0.05, 0.1) is 5.69 Å². The highest BCUT2D eigenvalue weighted by Gasteiger charge is 2.05. The molecule has 0 amide bonds. The van der Waals surface area contributed by atoms with Crippen LogP contribution in [0.1, 0.15) is 5.69 Å². The molecule has 0 fully saturated rings. The molecule has 0 aliphatic carbocycles. The van der Waals surface area contributed by atoms with E-state index in [4.69, 9.17) is 10.5 Å². The minimum atomic E-state index is 0.453. The second-order valence-electron chi connectivity index (χ2n) is 4.31. The molecule has 19 heavy (non-hydrogen) atoms. The Labute approximate surface area is 111 Å². The number of nitrogens with zero attached hydrogens (tertiary/aromatic N) is 1. The van der Waals surface area contributed by atoms with Gasteiger partial charge >= 0.3 is 0 Å². The third kappa shape index (κ3) is 2.36. The monoisotopic (exact) mass is 250 g/mol. The van der Waals surface area contributed by atoms with Crippen molar-refractivity contribution in [2.45, 2.75) is 6.61 Å². The summed E-state index contributed by atoms with van der Waals surface area (Å²) in [4.78, 5) is 4.24. The summed E-state index contributed by atoms with van der Waals surface area (Å²) in [5.74, 6) is 0.829. The molecule has 0 saturated carbocycles. The first-order chi connectivity index (χ1) is 9.34. The number of hydrogen-bond donors (Lipinski definition) is 1. The molecule has 0 radical (unpaired) electrons. The predicted molar refractivity (Wildman–Crippen MR) is 76.9 cm³/mol. The van der Waals surface area contributed by atoms with E-state index in [-0.39, 0.29) is 0 Å². The maximum atomic E-state index is 5.96. The molecule has 3 rings (SSSR count). The molecule has 0 atom stereocenters. The van der Waals surface area contributed by atoms with Gasteiger partial charge in [-0.1, -0.05) is 30.3 Å². The molecule has 1 aromatic heterocycles. The van der Waals surface area contributed by atoms with Crippen molar-refractivity contribution in [1.82, 2.24) is 4.98 Å². The van der Waals surface area contributed by atoms with Gasteiger partial charge in [-0.15, -0.1) is 0 Å². The number of hydrogen-bond acceptors (Lipinski definition) is 3. The third-order valence-corrected chi connectivity index (χ3v) is 3.02. The van der Waals surface area contributed by atoms with Gasteiger partial charge < -0.3 is 10.5 Å². The number of ether oxygens (including phenoxy) is 1. The Morgan fingerprint density at radius 2 is 1.68 bits per heavy atom. The minimum Gasteiger partial charge on any atom is -0.487 e. The second kappa shape index (κ2) is 4.98. The Hall–Kier alpha value is -2.55. The molecule has 3 heteroatoms. The van der Waals surface area contributed by atoms with Gasteiger partial charge in [-0.05, 0) is 24.3 Å². The summed E-state index contributed by atoms with van der Waals surface area (Å²) in [5, 5.41) is 2.04. The maximum absolute atomic E-state index is 5.96. The standard InChI is InChI=1S/C16H14N2O/c17-15-8-9-16(14-7-2-1-6-13(14)15)19-11-12-5-3-4-10-18-12/h1-10H,11,17H2.